The van der Waals surface area contributed by atoms with E-state index in [2.05, 4.69) is 35.3 Å². The van der Waals surface area contributed by atoms with Crippen molar-refractivity contribution in [2.24, 2.45) is 5.92 Å². The number of rotatable bonds is 8. The van der Waals surface area contributed by atoms with Gasteiger partial charge >= 0.3 is 0 Å². The van der Waals surface area contributed by atoms with Gasteiger partial charge in [0.15, 0.2) is 0 Å². The molecule has 21 heavy (non-hydrogen) atoms. The molecule has 1 saturated heterocycles. The van der Waals surface area contributed by atoms with Crippen molar-refractivity contribution < 1.29 is 9.47 Å². The lowest BCUT2D eigenvalue weighted by molar-refractivity contribution is 0.145. The molecule has 0 radical (unpaired) electrons. The topological polar surface area (TPSA) is 30.5 Å². The van der Waals surface area contributed by atoms with E-state index in [9.17, 15) is 0 Å². The van der Waals surface area contributed by atoms with Crippen LogP contribution in [-0.2, 0) is 4.74 Å². The van der Waals surface area contributed by atoms with E-state index < -0.39 is 0 Å². The van der Waals surface area contributed by atoms with E-state index in [1.807, 2.05) is 13.1 Å². The third-order valence-electron chi connectivity index (χ3n) is 4.10. The molecule has 0 aliphatic carbocycles. The lowest BCUT2D eigenvalue weighted by Gasteiger charge is -2.27. The summed E-state index contributed by atoms with van der Waals surface area (Å²) < 4.78 is 10.9. The highest BCUT2D eigenvalue weighted by Gasteiger charge is 2.21. The number of nitrogens with one attached hydrogen (secondary N) is 1. The quantitative estimate of drug-likeness (QED) is 0.745. The van der Waals surface area contributed by atoms with Crippen molar-refractivity contribution in [2.75, 3.05) is 38.9 Å². The van der Waals surface area contributed by atoms with E-state index in [0.29, 0.717) is 19.3 Å². The molecule has 1 aromatic rings. The lowest BCUT2D eigenvalue weighted by atomic mass is 9.90. The summed E-state index contributed by atoms with van der Waals surface area (Å²) >= 11 is 2.09. The monoisotopic (exact) mass is 309 g/mol. The molecule has 1 N–H and O–H groups in total. The van der Waals surface area contributed by atoms with E-state index >= 15 is 0 Å². The molecule has 1 aliphatic rings. The van der Waals surface area contributed by atoms with Gasteiger partial charge in [0.25, 0.3) is 0 Å². The minimum atomic E-state index is 0.372. The summed E-state index contributed by atoms with van der Waals surface area (Å²) in [5, 5.41) is 3.48. The average Bonchev–Trinajstić information content (AvgIpc) is 2.54. The molecule has 1 fully saturated rings. The van der Waals surface area contributed by atoms with Crippen LogP contribution in [-0.4, -0.2) is 38.9 Å². The zero-order valence-electron chi connectivity index (χ0n) is 13.1. The molecule has 0 amide bonds. The van der Waals surface area contributed by atoms with Gasteiger partial charge in [0.05, 0.1) is 6.61 Å². The van der Waals surface area contributed by atoms with Crippen LogP contribution < -0.4 is 10.1 Å². The van der Waals surface area contributed by atoms with Gasteiger partial charge in [-0.2, -0.15) is 11.8 Å². The van der Waals surface area contributed by atoms with Crippen LogP contribution in [0.3, 0.4) is 0 Å². The number of thioether (sulfide) groups is 1. The fourth-order valence-corrected chi connectivity index (χ4v) is 4.05. The Balaban J connectivity index is 2.02. The lowest BCUT2D eigenvalue weighted by Crippen LogP contribution is -2.23. The maximum Gasteiger partial charge on any atom is 0.124 e. The molecule has 118 valence electrons. The number of methoxy groups -OCH3 is 1. The fraction of sp³-hybridized carbons (Fsp3) is 0.647. The van der Waals surface area contributed by atoms with Gasteiger partial charge in [-0.15, -0.1) is 0 Å². The van der Waals surface area contributed by atoms with E-state index in [4.69, 9.17) is 9.47 Å². The van der Waals surface area contributed by atoms with E-state index in [1.165, 1.54) is 36.3 Å². The number of hydrogen-bond donors (Lipinski definition) is 1. The molecule has 0 aromatic heterocycles. The highest BCUT2D eigenvalue weighted by molar-refractivity contribution is 7.99. The molecule has 1 heterocycles. The molecule has 0 saturated carbocycles. The smallest absolute Gasteiger partial charge is 0.124 e. The highest BCUT2D eigenvalue weighted by atomic mass is 32.2. The van der Waals surface area contributed by atoms with Crippen molar-refractivity contribution in [2.45, 2.75) is 25.3 Å². The Hall–Kier alpha value is -0.710. The Kier molecular flexibility index (Phi) is 7.41. The Labute approximate surface area is 132 Å². The molecule has 0 bridgehead atoms. The van der Waals surface area contributed by atoms with Crippen molar-refractivity contribution in [1.29, 1.82) is 0 Å². The van der Waals surface area contributed by atoms with Crippen LogP contribution in [0, 0.1) is 5.92 Å². The first-order valence-corrected chi connectivity index (χ1v) is 8.96. The number of benzene rings is 1. The summed E-state index contributed by atoms with van der Waals surface area (Å²) in [6.07, 6.45) is 3.88. The van der Waals surface area contributed by atoms with Crippen LogP contribution in [0.1, 0.15) is 30.9 Å². The van der Waals surface area contributed by atoms with Gasteiger partial charge in [0.2, 0.25) is 0 Å². The maximum absolute atomic E-state index is 5.88. The largest absolute Gasteiger partial charge is 0.491 e. The summed E-state index contributed by atoms with van der Waals surface area (Å²) in [7, 11) is 3.75. The first-order valence-electron chi connectivity index (χ1n) is 7.80. The van der Waals surface area contributed by atoms with Crippen molar-refractivity contribution in [3.8, 4) is 5.75 Å². The second-order valence-corrected chi connectivity index (χ2v) is 6.74. The van der Waals surface area contributed by atoms with Gasteiger partial charge in [0.1, 0.15) is 12.4 Å². The summed E-state index contributed by atoms with van der Waals surface area (Å²) in [6.45, 7) is 1.22. The predicted molar refractivity (Wildman–Crippen MR) is 90.3 cm³/mol. The Morgan fingerprint density at radius 3 is 2.71 bits per heavy atom. The zero-order valence-corrected chi connectivity index (χ0v) is 14.0. The molecule has 1 unspecified atom stereocenters. The summed E-state index contributed by atoms with van der Waals surface area (Å²) in [5.41, 5.74) is 1.27. The van der Waals surface area contributed by atoms with Gasteiger partial charge < -0.3 is 14.8 Å². The van der Waals surface area contributed by atoms with Gasteiger partial charge in [-0.1, -0.05) is 18.2 Å². The summed E-state index contributed by atoms with van der Waals surface area (Å²) in [6, 6.07) is 8.75. The van der Waals surface area contributed by atoms with Crippen LogP contribution >= 0.6 is 11.8 Å². The SMILES string of the molecule is CNC(CC1CCSCC1)c1ccccc1OCCOC. The van der Waals surface area contributed by atoms with Gasteiger partial charge in [-0.05, 0) is 49.8 Å². The van der Waals surface area contributed by atoms with Gasteiger partial charge in [-0.3, -0.25) is 0 Å². The zero-order chi connectivity index (χ0) is 14.9. The molecular formula is C17H27NO2S. The molecule has 1 aliphatic heterocycles. The van der Waals surface area contributed by atoms with Crippen molar-refractivity contribution in [1.82, 2.24) is 5.32 Å². The Morgan fingerprint density at radius 1 is 1.24 bits per heavy atom. The second-order valence-electron chi connectivity index (χ2n) is 5.51. The highest BCUT2D eigenvalue weighted by Crippen LogP contribution is 2.34. The van der Waals surface area contributed by atoms with E-state index in [1.54, 1.807) is 7.11 Å². The minimum absolute atomic E-state index is 0.372. The predicted octanol–water partition coefficient (Wildman–Crippen LogP) is 3.51. The summed E-state index contributed by atoms with van der Waals surface area (Å²) in [5.74, 6) is 4.44. The Morgan fingerprint density at radius 2 is 2.00 bits per heavy atom. The van der Waals surface area contributed by atoms with E-state index in [0.717, 1.165) is 11.7 Å². The molecule has 1 aromatic carbocycles. The van der Waals surface area contributed by atoms with E-state index in [-0.39, 0.29) is 0 Å². The van der Waals surface area contributed by atoms with Crippen molar-refractivity contribution >= 4 is 11.8 Å². The molecular weight excluding hydrogens is 282 g/mol. The Bertz CT molecular complexity index is 408. The first-order chi connectivity index (χ1) is 10.3. The molecule has 1 atom stereocenters. The molecule has 3 nitrogen and oxygen atoms in total. The fourth-order valence-electron chi connectivity index (χ4n) is 2.85. The number of ether oxygens (including phenoxy) is 2. The van der Waals surface area contributed by atoms with Crippen LogP contribution in [0.2, 0.25) is 0 Å². The standard InChI is InChI=1S/C17H27NO2S/c1-18-16(13-14-7-11-21-12-8-14)15-5-3-4-6-17(15)20-10-9-19-2/h3-6,14,16,18H,7-13H2,1-2H3. The normalized spacial score (nSPS) is 17.6. The third-order valence-corrected chi connectivity index (χ3v) is 5.15. The molecule has 2 rings (SSSR count). The van der Waals surface area contributed by atoms with Crippen LogP contribution in [0.5, 0.6) is 5.75 Å². The average molecular weight is 309 g/mol. The van der Waals surface area contributed by atoms with Crippen LogP contribution in [0.25, 0.3) is 0 Å². The summed E-state index contributed by atoms with van der Waals surface area (Å²) in [4.78, 5) is 0. The first kappa shape index (κ1) is 16.7. The second kappa shape index (κ2) is 9.34. The molecule has 4 heteroatoms. The number of hydrogen-bond acceptors (Lipinski definition) is 4. The third kappa shape index (κ3) is 5.20. The number of para-hydroxylation sites is 1. The maximum atomic E-state index is 5.88. The molecule has 0 spiro atoms. The van der Waals surface area contributed by atoms with Gasteiger partial charge in [0, 0.05) is 18.7 Å². The van der Waals surface area contributed by atoms with Gasteiger partial charge in [-0.25, -0.2) is 0 Å². The van der Waals surface area contributed by atoms with Crippen molar-refractivity contribution in [3.63, 3.8) is 0 Å². The minimum Gasteiger partial charge on any atom is -0.491 e. The van der Waals surface area contributed by atoms with Crippen LogP contribution in [0.15, 0.2) is 24.3 Å². The van der Waals surface area contributed by atoms with Crippen LogP contribution in [0.4, 0.5) is 0 Å². The van der Waals surface area contributed by atoms with Crippen molar-refractivity contribution in [3.05, 3.63) is 29.8 Å².